The van der Waals surface area contributed by atoms with Crippen molar-refractivity contribution >= 4 is 17.9 Å². The van der Waals surface area contributed by atoms with E-state index in [1.165, 1.54) is 0 Å². The van der Waals surface area contributed by atoms with E-state index in [0.717, 1.165) is 25.9 Å². The van der Waals surface area contributed by atoms with Gasteiger partial charge in [-0.3, -0.25) is 9.59 Å². The number of hydrogen-bond donors (Lipinski definition) is 1. The molecule has 3 saturated heterocycles. The Morgan fingerprint density at radius 3 is 2.04 bits per heavy atom. The first-order valence-corrected chi connectivity index (χ1v) is 9.51. The van der Waals surface area contributed by atoms with Crippen molar-refractivity contribution < 1.29 is 19.5 Å². The fourth-order valence-electron chi connectivity index (χ4n) is 4.39. The number of carboxylic acids is 1. The van der Waals surface area contributed by atoms with Gasteiger partial charge in [-0.2, -0.15) is 0 Å². The maximum absolute atomic E-state index is 12.8. The van der Waals surface area contributed by atoms with Gasteiger partial charge in [0.1, 0.15) is 0 Å². The summed E-state index contributed by atoms with van der Waals surface area (Å²) in [5.74, 6) is -1.05. The molecule has 3 aliphatic rings. The zero-order chi connectivity index (χ0) is 18.0. The number of likely N-dealkylation sites (tertiary alicyclic amines) is 3. The lowest BCUT2D eigenvalue weighted by Crippen LogP contribution is -2.51. The third kappa shape index (κ3) is 4.07. The van der Waals surface area contributed by atoms with Crippen molar-refractivity contribution in [1.82, 2.24) is 14.7 Å². The Morgan fingerprint density at radius 2 is 1.44 bits per heavy atom. The number of aliphatic carboxylic acids is 1. The number of urea groups is 1. The molecule has 0 spiro atoms. The first-order chi connectivity index (χ1) is 12.0. The van der Waals surface area contributed by atoms with Crippen LogP contribution in [-0.2, 0) is 9.59 Å². The number of carbonyl (C=O) groups is 3. The Hall–Kier alpha value is -1.79. The number of carboxylic acid groups (broad SMARTS) is 1. The lowest BCUT2D eigenvalue weighted by molar-refractivity contribution is -0.148. The molecule has 2 atom stereocenters. The van der Waals surface area contributed by atoms with Gasteiger partial charge < -0.3 is 19.8 Å². The molecule has 3 rings (SSSR count). The fraction of sp³-hybridized carbons (Fsp3) is 0.833. The number of hydrogen-bond acceptors (Lipinski definition) is 3. The van der Waals surface area contributed by atoms with E-state index in [4.69, 9.17) is 0 Å². The molecule has 3 amide bonds. The molecule has 0 bridgehead atoms. The summed E-state index contributed by atoms with van der Waals surface area (Å²) in [5, 5.41) is 9.28. The molecule has 3 fully saturated rings. The lowest BCUT2D eigenvalue weighted by Gasteiger charge is -2.39. The standard InChI is InChI=1S/C18H29N3O4/c1-13-10-15(17(23)24)12-21(11-13)16(22)14-4-8-20(9-5-14)18(25)19-6-2-3-7-19/h13-15H,2-12H2,1H3,(H,23,24). The summed E-state index contributed by atoms with van der Waals surface area (Å²) in [4.78, 5) is 42.1. The highest BCUT2D eigenvalue weighted by atomic mass is 16.4. The number of piperidine rings is 2. The second-order valence-electron chi connectivity index (χ2n) is 7.86. The molecule has 0 aromatic carbocycles. The summed E-state index contributed by atoms with van der Waals surface area (Å²) in [6.07, 6.45) is 4.17. The Kier molecular flexibility index (Phi) is 5.49. The molecule has 0 aliphatic carbocycles. The molecule has 0 radical (unpaired) electrons. The zero-order valence-electron chi connectivity index (χ0n) is 15.0. The first kappa shape index (κ1) is 18.0. The summed E-state index contributed by atoms with van der Waals surface area (Å²) < 4.78 is 0. The van der Waals surface area contributed by atoms with E-state index < -0.39 is 11.9 Å². The second kappa shape index (κ2) is 7.62. The molecule has 0 saturated carbocycles. The normalized spacial score (nSPS) is 28.3. The van der Waals surface area contributed by atoms with Crippen LogP contribution in [0.1, 0.15) is 39.0 Å². The fourth-order valence-corrected chi connectivity index (χ4v) is 4.39. The number of carbonyl (C=O) groups excluding carboxylic acids is 2. The molecule has 140 valence electrons. The van der Waals surface area contributed by atoms with Gasteiger partial charge in [0.2, 0.25) is 5.91 Å². The van der Waals surface area contributed by atoms with E-state index in [0.29, 0.717) is 45.4 Å². The summed E-state index contributed by atoms with van der Waals surface area (Å²) in [6, 6.07) is 0.112. The number of amides is 3. The van der Waals surface area contributed by atoms with Crippen LogP contribution in [0.25, 0.3) is 0 Å². The number of nitrogens with zero attached hydrogens (tertiary/aromatic N) is 3. The van der Waals surface area contributed by atoms with Crippen LogP contribution >= 0.6 is 0 Å². The van der Waals surface area contributed by atoms with Crippen molar-refractivity contribution in [2.75, 3.05) is 39.3 Å². The van der Waals surface area contributed by atoms with Crippen molar-refractivity contribution in [3.05, 3.63) is 0 Å². The van der Waals surface area contributed by atoms with E-state index >= 15 is 0 Å². The molecule has 1 N–H and O–H groups in total. The SMILES string of the molecule is CC1CC(C(=O)O)CN(C(=O)C2CCN(C(=O)N3CCCC3)CC2)C1. The van der Waals surface area contributed by atoms with E-state index in [-0.39, 0.29) is 23.8 Å². The van der Waals surface area contributed by atoms with Crippen LogP contribution in [0.3, 0.4) is 0 Å². The van der Waals surface area contributed by atoms with Gasteiger partial charge in [-0.15, -0.1) is 0 Å². The van der Waals surface area contributed by atoms with Crippen LogP contribution in [0, 0.1) is 17.8 Å². The predicted octanol–water partition coefficient (Wildman–Crippen LogP) is 1.48. The van der Waals surface area contributed by atoms with Crippen LogP contribution in [0.15, 0.2) is 0 Å². The summed E-state index contributed by atoms with van der Waals surface area (Å²) in [6.45, 7) is 5.92. The van der Waals surface area contributed by atoms with E-state index in [1.807, 2.05) is 16.7 Å². The summed E-state index contributed by atoms with van der Waals surface area (Å²) >= 11 is 0. The first-order valence-electron chi connectivity index (χ1n) is 9.51. The molecule has 2 unspecified atom stereocenters. The second-order valence-corrected chi connectivity index (χ2v) is 7.86. The summed E-state index contributed by atoms with van der Waals surface area (Å²) in [5.41, 5.74) is 0. The highest BCUT2D eigenvalue weighted by molar-refractivity contribution is 5.81. The van der Waals surface area contributed by atoms with Gasteiger partial charge >= 0.3 is 12.0 Å². The Bertz CT molecular complexity index is 524. The van der Waals surface area contributed by atoms with Crippen molar-refractivity contribution in [2.45, 2.75) is 39.0 Å². The maximum Gasteiger partial charge on any atom is 0.319 e. The van der Waals surface area contributed by atoms with E-state index in [9.17, 15) is 19.5 Å². The van der Waals surface area contributed by atoms with Crippen LogP contribution in [0.2, 0.25) is 0 Å². The minimum absolute atomic E-state index is 0.0751. The molecule has 0 aromatic heterocycles. The lowest BCUT2D eigenvalue weighted by atomic mass is 9.88. The maximum atomic E-state index is 12.8. The molecule has 25 heavy (non-hydrogen) atoms. The molecule has 0 aromatic rings. The van der Waals surface area contributed by atoms with Crippen molar-refractivity contribution in [3.63, 3.8) is 0 Å². The van der Waals surface area contributed by atoms with Crippen molar-refractivity contribution in [3.8, 4) is 0 Å². The molecule has 7 heteroatoms. The molecule has 3 heterocycles. The highest BCUT2D eigenvalue weighted by Gasteiger charge is 2.36. The van der Waals surface area contributed by atoms with Gasteiger partial charge in [0.25, 0.3) is 0 Å². The topological polar surface area (TPSA) is 81.2 Å². The van der Waals surface area contributed by atoms with Crippen LogP contribution in [0.4, 0.5) is 4.79 Å². The predicted molar refractivity (Wildman–Crippen MR) is 92.0 cm³/mol. The van der Waals surface area contributed by atoms with Gasteiger partial charge in [-0.05, 0) is 38.0 Å². The van der Waals surface area contributed by atoms with Crippen LogP contribution in [-0.4, -0.2) is 77.0 Å². The van der Waals surface area contributed by atoms with Gasteiger partial charge in [0, 0.05) is 45.2 Å². The quantitative estimate of drug-likeness (QED) is 0.817. The van der Waals surface area contributed by atoms with Crippen molar-refractivity contribution in [1.29, 1.82) is 0 Å². The Balaban J connectivity index is 1.52. The Labute approximate surface area is 148 Å². The molecular formula is C18H29N3O4. The molecule has 7 nitrogen and oxygen atoms in total. The van der Waals surface area contributed by atoms with Gasteiger partial charge in [0.05, 0.1) is 5.92 Å². The van der Waals surface area contributed by atoms with E-state index in [1.54, 1.807) is 4.90 Å². The van der Waals surface area contributed by atoms with E-state index in [2.05, 4.69) is 0 Å². The third-order valence-corrected chi connectivity index (χ3v) is 5.81. The van der Waals surface area contributed by atoms with Gasteiger partial charge in [-0.25, -0.2) is 4.79 Å². The molecule has 3 aliphatic heterocycles. The monoisotopic (exact) mass is 351 g/mol. The summed E-state index contributed by atoms with van der Waals surface area (Å²) in [7, 11) is 0. The minimum Gasteiger partial charge on any atom is -0.481 e. The molecular weight excluding hydrogens is 322 g/mol. The third-order valence-electron chi connectivity index (χ3n) is 5.81. The smallest absolute Gasteiger partial charge is 0.319 e. The number of rotatable bonds is 2. The average molecular weight is 351 g/mol. The highest BCUT2D eigenvalue weighted by Crippen LogP contribution is 2.27. The van der Waals surface area contributed by atoms with Crippen LogP contribution in [0.5, 0.6) is 0 Å². The zero-order valence-corrected chi connectivity index (χ0v) is 15.0. The van der Waals surface area contributed by atoms with Gasteiger partial charge in [0.15, 0.2) is 0 Å². The largest absolute Gasteiger partial charge is 0.481 e. The van der Waals surface area contributed by atoms with Crippen molar-refractivity contribution in [2.24, 2.45) is 17.8 Å². The van der Waals surface area contributed by atoms with Crippen LogP contribution < -0.4 is 0 Å². The average Bonchev–Trinajstić information content (AvgIpc) is 3.14. The Morgan fingerprint density at radius 1 is 0.840 bits per heavy atom. The minimum atomic E-state index is -0.810. The van der Waals surface area contributed by atoms with Gasteiger partial charge in [-0.1, -0.05) is 6.92 Å².